The highest BCUT2D eigenvalue weighted by Gasteiger charge is 2.12. The van der Waals surface area contributed by atoms with E-state index in [9.17, 15) is 4.79 Å². The fraction of sp³-hybridized carbons (Fsp3) is 0.143. The molecular weight excluding hydrogens is 478 g/mol. The van der Waals surface area contributed by atoms with Gasteiger partial charge in [0.05, 0.1) is 17.5 Å². The molecule has 4 heteroatoms. The van der Waals surface area contributed by atoms with Crippen molar-refractivity contribution in [2.75, 3.05) is 6.54 Å². The van der Waals surface area contributed by atoms with Crippen molar-refractivity contribution in [2.45, 2.75) is 25.8 Å². The molecule has 1 amide bonds. The summed E-state index contributed by atoms with van der Waals surface area (Å²) in [5.41, 5.74) is 6.79. The van der Waals surface area contributed by atoms with Gasteiger partial charge in [0.1, 0.15) is 5.82 Å². The summed E-state index contributed by atoms with van der Waals surface area (Å²) in [4.78, 5) is 17.6. The third-order valence-electron chi connectivity index (χ3n) is 7.27. The van der Waals surface area contributed by atoms with Crippen LogP contribution in [0.3, 0.4) is 0 Å². The molecule has 1 aromatic heterocycles. The van der Waals surface area contributed by atoms with Crippen molar-refractivity contribution >= 4 is 27.7 Å². The van der Waals surface area contributed by atoms with Gasteiger partial charge < -0.3 is 9.88 Å². The molecule has 192 valence electrons. The Labute approximate surface area is 229 Å². The van der Waals surface area contributed by atoms with E-state index >= 15 is 0 Å². The molecule has 1 heterocycles. The van der Waals surface area contributed by atoms with E-state index in [1.165, 1.54) is 21.9 Å². The molecule has 4 nitrogen and oxygen atoms in total. The lowest BCUT2D eigenvalue weighted by atomic mass is 10.0. The van der Waals surface area contributed by atoms with Gasteiger partial charge in [0.2, 0.25) is 5.91 Å². The second-order valence-electron chi connectivity index (χ2n) is 9.93. The summed E-state index contributed by atoms with van der Waals surface area (Å²) in [5.74, 6) is 1.10. The van der Waals surface area contributed by atoms with Crippen molar-refractivity contribution in [3.63, 3.8) is 0 Å². The fourth-order valence-corrected chi connectivity index (χ4v) is 5.26. The van der Waals surface area contributed by atoms with Crippen molar-refractivity contribution in [1.29, 1.82) is 0 Å². The van der Waals surface area contributed by atoms with Gasteiger partial charge in [-0.1, -0.05) is 109 Å². The molecule has 0 aliphatic carbocycles. The number of aryl methyl sites for hydroxylation is 1. The number of aromatic nitrogens is 2. The van der Waals surface area contributed by atoms with Crippen LogP contribution in [0.25, 0.3) is 32.9 Å². The van der Waals surface area contributed by atoms with Gasteiger partial charge in [0.15, 0.2) is 0 Å². The minimum atomic E-state index is 0.0479. The first kappa shape index (κ1) is 24.6. The number of carbonyl (C=O) groups excluding carboxylic acids is 1. The lowest BCUT2D eigenvalue weighted by Gasteiger charge is -2.12. The third-order valence-corrected chi connectivity index (χ3v) is 7.27. The smallest absolute Gasteiger partial charge is 0.224 e. The standard InChI is InChI=1S/C35H31N3O/c39-35(24-26-19-21-28(22-20-26)27-10-2-1-3-11-27)36-23-9-18-34-37-32-16-6-7-17-33(32)38(34)25-30-14-8-13-29-12-4-5-15-31(29)30/h1-8,10-17,19-22H,9,18,23-25H2,(H,36,39). The Kier molecular flexibility index (Phi) is 7.17. The molecular formula is C35H31N3O. The van der Waals surface area contributed by atoms with Crippen LogP contribution in [0.4, 0.5) is 0 Å². The van der Waals surface area contributed by atoms with Gasteiger partial charge in [-0.15, -0.1) is 0 Å². The molecule has 0 unspecified atom stereocenters. The number of nitrogens with zero attached hydrogens (tertiary/aromatic N) is 2. The minimum Gasteiger partial charge on any atom is -0.356 e. The second-order valence-corrected chi connectivity index (χ2v) is 9.93. The SMILES string of the molecule is O=C(Cc1ccc(-c2ccccc2)cc1)NCCCc1nc2ccccc2n1Cc1cccc2ccccc12. The summed E-state index contributed by atoms with van der Waals surface area (Å²) in [6.45, 7) is 1.39. The largest absolute Gasteiger partial charge is 0.356 e. The lowest BCUT2D eigenvalue weighted by molar-refractivity contribution is -0.120. The van der Waals surface area contributed by atoms with Gasteiger partial charge in [-0.3, -0.25) is 4.79 Å². The molecule has 0 bridgehead atoms. The molecule has 0 spiro atoms. The van der Waals surface area contributed by atoms with Crippen molar-refractivity contribution in [1.82, 2.24) is 14.9 Å². The third kappa shape index (κ3) is 5.60. The van der Waals surface area contributed by atoms with Crippen LogP contribution < -0.4 is 5.32 Å². The molecule has 0 fully saturated rings. The van der Waals surface area contributed by atoms with Gasteiger partial charge in [0.25, 0.3) is 0 Å². The van der Waals surface area contributed by atoms with Crippen LogP contribution in [0.2, 0.25) is 0 Å². The Bertz CT molecular complexity index is 1710. The predicted octanol–water partition coefficient (Wildman–Crippen LogP) is 7.20. The predicted molar refractivity (Wildman–Crippen MR) is 160 cm³/mol. The van der Waals surface area contributed by atoms with Crippen molar-refractivity contribution < 1.29 is 4.79 Å². The van der Waals surface area contributed by atoms with Crippen molar-refractivity contribution in [3.05, 3.63) is 138 Å². The fourth-order valence-electron chi connectivity index (χ4n) is 5.26. The summed E-state index contributed by atoms with van der Waals surface area (Å²) in [5, 5.41) is 5.62. The molecule has 6 rings (SSSR count). The summed E-state index contributed by atoms with van der Waals surface area (Å²) < 4.78 is 2.33. The molecule has 0 aliphatic rings. The molecule has 6 aromatic rings. The van der Waals surface area contributed by atoms with E-state index in [1.807, 2.05) is 36.4 Å². The van der Waals surface area contributed by atoms with Crippen molar-refractivity contribution in [2.24, 2.45) is 0 Å². The van der Waals surface area contributed by atoms with E-state index < -0.39 is 0 Å². The van der Waals surface area contributed by atoms with E-state index in [0.717, 1.165) is 47.4 Å². The van der Waals surface area contributed by atoms with E-state index in [-0.39, 0.29) is 5.91 Å². The van der Waals surface area contributed by atoms with Crippen LogP contribution >= 0.6 is 0 Å². The monoisotopic (exact) mass is 509 g/mol. The second kappa shape index (κ2) is 11.4. The van der Waals surface area contributed by atoms with Gasteiger partial charge in [-0.2, -0.15) is 0 Å². The number of imidazole rings is 1. The maximum absolute atomic E-state index is 12.6. The first-order valence-electron chi connectivity index (χ1n) is 13.6. The quantitative estimate of drug-likeness (QED) is 0.210. The number of hydrogen-bond donors (Lipinski definition) is 1. The number of hydrogen-bond acceptors (Lipinski definition) is 2. The Balaban J connectivity index is 1.09. The molecule has 0 saturated carbocycles. The zero-order chi connectivity index (χ0) is 26.4. The molecule has 0 radical (unpaired) electrons. The number of fused-ring (bicyclic) bond motifs is 2. The number of carbonyl (C=O) groups is 1. The highest BCUT2D eigenvalue weighted by atomic mass is 16.1. The van der Waals surface area contributed by atoms with Crippen molar-refractivity contribution in [3.8, 4) is 11.1 Å². The molecule has 39 heavy (non-hydrogen) atoms. The molecule has 0 saturated heterocycles. The van der Waals surface area contributed by atoms with Gasteiger partial charge in [-0.25, -0.2) is 4.98 Å². The Hall–Kier alpha value is -4.70. The minimum absolute atomic E-state index is 0.0479. The normalized spacial score (nSPS) is 11.2. The van der Waals surface area contributed by atoms with Gasteiger partial charge >= 0.3 is 0 Å². The zero-order valence-electron chi connectivity index (χ0n) is 21.9. The van der Waals surface area contributed by atoms with Crippen LogP contribution in [-0.2, 0) is 24.2 Å². The van der Waals surface area contributed by atoms with Crippen LogP contribution in [0.15, 0.2) is 121 Å². The summed E-state index contributed by atoms with van der Waals surface area (Å²) in [6.07, 6.45) is 2.01. The maximum atomic E-state index is 12.6. The average molecular weight is 510 g/mol. The summed E-state index contributed by atoms with van der Waals surface area (Å²) >= 11 is 0. The number of para-hydroxylation sites is 2. The highest BCUT2D eigenvalue weighted by Crippen LogP contribution is 2.24. The van der Waals surface area contributed by atoms with Crippen LogP contribution in [0.5, 0.6) is 0 Å². The topological polar surface area (TPSA) is 46.9 Å². The van der Waals surface area contributed by atoms with Crippen LogP contribution in [0.1, 0.15) is 23.4 Å². The Morgan fingerprint density at radius 1 is 0.718 bits per heavy atom. The molecule has 0 atom stereocenters. The average Bonchev–Trinajstić information content (AvgIpc) is 3.33. The maximum Gasteiger partial charge on any atom is 0.224 e. The first-order valence-corrected chi connectivity index (χ1v) is 13.6. The van der Waals surface area contributed by atoms with E-state index in [0.29, 0.717) is 13.0 Å². The lowest BCUT2D eigenvalue weighted by Crippen LogP contribution is -2.26. The van der Waals surface area contributed by atoms with Crippen LogP contribution in [0, 0.1) is 0 Å². The van der Waals surface area contributed by atoms with Crippen LogP contribution in [-0.4, -0.2) is 22.0 Å². The number of amides is 1. The molecule has 1 N–H and O–H groups in total. The van der Waals surface area contributed by atoms with E-state index in [1.54, 1.807) is 0 Å². The van der Waals surface area contributed by atoms with E-state index in [2.05, 4.69) is 94.8 Å². The number of nitrogens with one attached hydrogen (secondary N) is 1. The Morgan fingerprint density at radius 3 is 2.31 bits per heavy atom. The first-order chi connectivity index (χ1) is 19.2. The number of rotatable bonds is 9. The van der Waals surface area contributed by atoms with Gasteiger partial charge in [0, 0.05) is 19.5 Å². The summed E-state index contributed by atoms with van der Waals surface area (Å²) in [6, 6.07) is 41.9. The zero-order valence-corrected chi connectivity index (χ0v) is 21.9. The van der Waals surface area contributed by atoms with Gasteiger partial charge in [-0.05, 0) is 51.6 Å². The number of benzene rings is 5. The summed E-state index contributed by atoms with van der Waals surface area (Å²) in [7, 11) is 0. The highest BCUT2D eigenvalue weighted by molar-refractivity contribution is 5.86. The molecule has 0 aliphatic heterocycles. The van der Waals surface area contributed by atoms with E-state index in [4.69, 9.17) is 4.98 Å². The molecule has 5 aromatic carbocycles. The Morgan fingerprint density at radius 2 is 1.44 bits per heavy atom.